The Morgan fingerprint density at radius 2 is 1.70 bits per heavy atom. The molecule has 2 heterocycles. The smallest absolute Gasteiger partial charge is 0.323 e. The number of hydrogen-bond acceptors (Lipinski definition) is 6. The summed E-state index contributed by atoms with van der Waals surface area (Å²) >= 11 is 0. The molecule has 1 aromatic carbocycles. The molecule has 2 fully saturated rings. The van der Waals surface area contributed by atoms with E-state index >= 15 is 0 Å². The van der Waals surface area contributed by atoms with Crippen LogP contribution in [0.2, 0.25) is 0 Å². The maximum absolute atomic E-state index is 12.7. The summed E-state index contributed by atoms with van der Waals surface area (Å²) < 4.78 is 26.6. The lowest BCUT2D eigenvalue weighted by Gasteiger charge is -2.36. The van der Waals surface area contributed by atoms with Crippen LogP contribution in [0.3, 0.4) is 0 Å². The zero-order valence-corrected chi connectivity index (χ0v) is 17.9. The third-order valence-electron chi connectivity index (χ3n) is 5.80. The predicted octanol–water partition coefficient (Wildman–Crippen LogP) is 0.299. The number of carboxylic acid groups (broad SMARTS) is 1. The zero-order chi connectivity index (χ0) is 22.3. The first-order valence-electron chi connectivity index (χ1n) is 9.72. The number of carboxylic acids is 1. The number of rotatable bonds is 5. The van der Waals surface area contributed by atoms with E-state index in [-0.39, 0.29) is 31.8 Å². The summed E-state index contributed by atoms with van der Waals surface area (Å²) in [6.45, 7) is 4.33. The van der Waals surface area contributed by atoms with Crippen molar-refractivity contribution in [3.8, 4) is 0 Å². The van der Waals surface area contributed by atoms with Crippen LogP contribution in [0.4, 0.5) is 0 Å². The number of carbonyl (C=O) groups is 2. The van der Waals surface area contributed by atoms with Crippen molar-refractivity contribution in [1.29, 1.82) is 0 Å². The van der Waals surface area contributed by atoms with Crippen molar-refractivity contribution in [1.82, 2.24) is 9.21 Å². The molecule has 0 radical (unpaired) electrons. The third-order valence-corrected chi connectivity index (χ3v) is 7.36. The average molecular weight is 438 g/mol. The van der Waals surface area contributed by atoms with E-state index < -0.39 is 27.6 Å². The molecular formula is C20H27N3O6S. The number of aliphatic hydroxyl groups is 1. The fraction of sp³-hybridized carbons (Fsp3) is 0.500. The number of hydrogen-bond donors (Lipinski definition) is 3. The number of aryl methyl sites for hydroxylation is 2. The van der Waals surface area contributed by atoms with E-state index in [4.69, 9.17) is 5.73 Å². The fourth-order valence-corrected chi connectivity index (χ4v) is 4.93. The van der Waals surface area contributed by atoms with E-state index in [0.29, 0.717) is 24.2 Å². The molecule has 164 valence electrons. The highest BCUT2D eigenvalue weighted by Crippen LogP contribution is 2.25. The Kier molecular flexibility index (Phi) is 6.06. The number of nitrogens with zero attached hydrogens (tertiary/aromatic N) is 2. The highest BCUT2D eigenvalue weighted by Gasteiger charge is 2.40. The number of β-amino-alcohol motifs (C(OH)–C–C–N with tert-alkyl or cyclic N) is 1. The van der Waals surface area contributed by atoms with Crippen molar-refractivity contribution in [2.45, 2.75) is 38.3 Å². The summed E-state index contributed by atoms with van der Waals surface area (Å²) in [4.78, 5) is 25.2. The third kappa shape index (κ3) is 4.41. The zero-order valence-electron chi connectivity index (χ0n) is 17.0. The Labute approximate surface area is 175 Å². The first-order chi connectivity index (χ1) is 13.9. The monoisotopic (exact) mass is 437 g/mol. The minimum absolute atomic E-state index is 0.0442. The number of aliphatic hydroxyl groups excluding tert-OH is 1. The number of carbonyl (C=O) groups excluding carboxylic acids is 1. The number of nitrogens with two attached hydrogens (primary N) is 1. The standard InChI is InChI=1S/C20H27N3O6S/c1-13-9-15(18(25)22-11-16(24)12-22)10-14(2)17(13)3-8-30(28,29)23-6-4-20(21,5-7-23)19(26)27/h3,8-10,16,24H,4-7,11-12,21H2,1-2H3,(H,26,27)/b8-3+. The molecule has 0 spiro atoms. The first kappa shape index (κ1) is 22.4. The summed E-state index contributed by atoms with van der Waals surface area (Å²) in [5.74, 6) is -1.28. The minimum atomic E-state index is -3.73. The number of benzene rings is 1. The van der Waals surface area contributed by atoms with Gasteiger partial charge in [0, 0.05) is 37.2 Å². The molecular weight excluding hydrogens is 410 g/mol. The quantitative estimate of drug-likeness (QED) is 0.601. The Hall–Kier alpha value is -2.27. The molecule has 1 aromatic rings. The molecule has 1 amide bonds. The number of amides is 1. The molecule has 9 nitrogen and oxygen atoms in total. The molecule has 0 bridgehead atoms. The van der Waals surface area contributed by atoms with Gasteiger partial charge in [0.15, 0.2) is 0 Å². The lowest BCUT2D eigenvalue weighted by Crippen LogP contribution is -2.56. The highest BCUT2D eigenvalue weighted by atomic mass is 32.2. The predicted molar refractivity (Wildman–Crippen MR) is 111 cm³/mol. The molecule has 2 saturated heterocycles. The van der Waals surface area contributed by atoms with Crippen molar-refractivity contribution < 1.29 is 28.2 Å². The summed E-state index contributed by atoms with van der Waals surface area (Å²) in [6, 6.07) is 3.42. The first-order valence-corrected chi connectivity index (χ1v) is 11.2. The molecule has 3 rings (SSSR count). The Morgan fingerprint density at radius 1 is 1.17 bits per heavy atom. The Balaban J connectivity index is 1.74. The van der Waals surface area contributed by atoms with Crippen LogP contribution in [0, 0.1) is 13.8 Å². The molecule has 0 atom stereocenters. The van der Waals surface area contributed by atoms with Gasteiger partial charge in [0.2, 0.25) is 10.0 Å². The van der Waals surface area contributed by atoms with Gasteiger partial charge in [-0.2, -0.15) is 4.31 Å². The van der Waals surface area contributed by atoms with Gasteiger partial charge in [-0.1, -0.05) is 0 Å². The van der Waals surface area contributed by atoms with E-state index in [1.54, 1.807) is 30.9 Å². The van der Waals surface area contributed by atoms with Gasteiger partial charge in [0.1, 0.15) is 5.54 Å². The van der Waals surface area contributed by atoms with Gasteiger partial charge in [-0.05, 0) is 61.6 Å². The number of aliphatic carboxylic acids is 1. The second-order valence-corrected chi connectivity index (χ2v) is 9.91. The van der Waals surface area contributed by atoms with Crippen LogP contribution in [0.15, 0.2) is 17.5 Å². The molecule has 0 aliphatic carbocycles. The normalized spacial score (nSPS) is 20.3. The molecule has 10 heteroatoms. The molecule has 0 aromatic heterocycles. The second kappa shape index (κ2) is 8.10. The molecule has 4 N–H and O–H groups in total. The Bertz CT molecular complexity index is 967. The molecule has 0 unspecified atom stereocenters. The minimum Gasteiger partial charge on any atom is -0.480 e. The molecule has 30 heavy (non-hydrogen) atoms. The van der Waals surface area contributed by atoms with E-state index in [1.165, 1.54) is 10.4 Å². The Morgan fingerprint density at radius 3 is 2.17 bits per heavy atom. The van der Waals surface area contributed by atoms with Gasteiger partial charge in [0.25, 0.3) is 5.91 Å². The van der Waals surface area contributed by atoms with Crippen LogP contribution in [0.25, 0.3) is 6.08 Å². The SMILES string of the molecule is Cc1cc(C(=O)N2CC(O)C2)cc(C)c1/C=C/S(=O)(=O)N1CCC(N)(C(=O)O)CC1. The van der Waals surface area contributed by atoms with Gasteiger partial charge >= 0.3 is 5.97 Å². The molecule has 0 saturated carbocycles. The lowest BCUT2D eigenvalue weighted by molar-refractivity contribution is -0.144. The second-order valence-electron chi connectivity index (χ2n) is 8.10. The van der Waals surface area contributed by atoms with Crippen LogP contribution in [-0.4, -0.2) is 77.5 Å². The summed E-state index contributed by atoms with van der Waals surface area (Å²) in [5.41, 5.74) is 7.14. The van der Waals surface area contributed by atoms with Gasteiger partial charge in [-0.3, -0.25) is 9.59 Å². The summed E-state index contributed by atoms with van der Waals surface area (Å²) in [7, 11) is -3.73. The van der Waals surface area contributed by atoms with Crippen LogP contribution in [0.1, 0.15) is 39.9 Å². The fourth-order valence-electron chi connectivity index (χ4n) is 3.76. The van der Waals surface area contributed by atoms with Crippen LogP contribution < -0.4 is 5.73 Å². The molecule has 2 aliphatic rings. The number of sulfonamides is 1. The largest absolute Gasteiger partial charge is 0.480 e. The van der Waals surface area contributed by atoms with E-state index in [1.807, 2.05) is 0 Å². The van der Waals surface area contributed by atoms with Crippen molar-refractivity contribution >= 4 is 28.0 Å². The van der Waals surface area contributed by atoms with E-state index in [0.717, 1.165) is 16.5 Å². The molecule has 2 aliphatic heterocycles. The average Bonchev–Trinajstić information content (AvgIpc) is 2.64. The van der Waals surface area contributed by atoms with Gasteiger partial charge < -0.3 is 20.8 Å². The number of piperidine rings is 1. The van der Waals surface area contributed by atoms with E-state index in [2.05, 4.69) is 0 Å². The van der Waals surface area contributed by atoms with Gasteiger partial charge in [-0.25, -0.2) is 8.42 Å². The van der Waals surface area contributed by atoms with Crippen molar-refractivity contribution in [2.75, 3.05) is 26.2 Å². The van der Waals surface area contributed by atoms with Gasteiger partial charge in [0.05, 0.1) is 6.10 Å². The topological polar surface area (TPSA) is 141 Å². The van der Waals surface area contributed by atoms with Gasteiger partial charge in [-0.15, -0.1) is 0 Å². The van der Waals surface area contributed by atoms with E-state index in [9.17, 15) is 28.2 Å². The van der Waals surface area contributed by atoms with Crippen molar-refractivity contribution in [3.63, 3.8) is 0 Å². The summed E-state index contributed by atoms with van der Waals surface area (Å²) in [6.07, 6.45) is 1.13. The van der Waals surface area contributed by atoms with Crippen LogP contribution in [-0.2, 0) is 14.8 Å². The summed E-state index contributed by atoms with van der Waals surface area (Å²) in [5, 5.41) is 19.7. The maximum Gasteiger partial charge on any atom is 0.323 e. The van der Waals surface area contributed by atoms with Crippen molar-refractivity contribution in [3.05, 3.63) is 39.8 Å². The number of likely N-dealkylation sites (tertiary alicyclic amines) is 1. The lowest BCUT2D eigenvalue weighted by atomic mass is 9.90. The van der Waals surface area contributed by atoms with Crippen molar-refractivity contribution in [2.24, 2.45) is 5.73 Å². The maximum atomic E-state index is 12.7. The van der Waals surface area contributed by atoms with Crippen LogP contribution >= 0.6 is 0 Å². The van der Waals surface area contributed by atoms with Crippen LogP contribution in [0.5, 0.6) is 0 Å². The highest BCUT2D eigenvalue weighted by molar-refractivity contribution is 7.92.